The number of hydrogen-bond donors (Lipinski definition) is 2. The largest absolute Gasteiger partial charge is 0.451 e. The highest BCUT2D eigenvalue weighted by Crippen LogP contribution is 2.26. The van der Waals surface area contributed by atoms with Crippen LogP contribution in [0.25, 0.3) is 0 Å². The molecular weight excluding hydrogens is 442 g/mol. The zero-order valence-corrected chi connectivity index (χ0v) is 19.8. The van der Waals surface area contributed by atoms with E-state index in [0.717, 1.165) is 11.1 Å². The third-order valence-electron chi connectivity index (χ3n) is 4.93. The molecule has 2 rings (SSSR count). The number of pyridine rings is 1. The summed E-state index contributed by atoms with van der Waals surface area (Å²) in [6, 6.07) is 3.84. The Morgan fingerprint density at radius 2 is 1.68 bits per heavy atom. The molecule has 0 bridgehead atoms. The van der Waals surface area contributed by atoms with Crippen molar-refractivity contribution < 1.29 is 22.7 Å². The molecule has 8 nitrogen and oxygen atoms in total. The number of rotatable bonds is 7. The van der Waals surface area contributed by atoms with Crippen LogP contribution in [0.3, 0.4) is 0 Å². The van der Waals surface area contributed by atoms with Crippen molar-refractivity contribution in [3.05, 3.63) is 51.8 Å². The maximum absolute atomic E-state index is 13.0. The van der Waals surface area contributed by atoms with E-state index < -0.39 is 34.0 Å². The SMILES string of the molecule is Cc1cc(C)c(C)c(S(=O)(=O)N[C@@H](C)C(=O)OC(C)C(=O)Nc2cccnc2Cl)c1C. The van der Waals surface area contributed by atoms with Crippen molar-refractivity contribution in [1.29, 1.82) is 0 Å². The van der Waals surface area contributed by atoms with Gasteiger partial charge in [0.25, 0.3) is 5.91 Å². The van der Waals surface area contributed by atoms with E-state index in [1.165, 1.54) is 20.0 Å². The predicted octanol–water partition coefficient (Wildman–Crippen LogP) is 3.21. The molecule has 31 heavy (non-hydrogen) atoms. The van der Waals surface area contributed by atoms with Gasteiger partial charge in [0.2, 0.25) is 10.0 Å². The Morgan fingerprint density at radius 3 is 2.23 bits per heavy atom. The van der Waals surface area contributed by atoms with E-state index in [9.17, 15) is 18.0 Å². The molecule has 0 aliphatic carbocycles. The van der Waals surface area contributed by atoms with Crippen molar-refractivity contribution in [2.75, 3.05) is 5.32 Å². The predicted molar refractivity (Wildman–Crippen MR) is 119 cm³/mol. The van der Waals surface area contributed by atoms with Gasteiger partial charge in [-0.1, -0.05) is 17.7 Å². The lowest BCUT2D eigenvalue weighted by molar-refractivity contribution is -0.154. The van der Waals surface area contributed by atoms with E-state index in [-0.39, 0.29) is 15.7 Å². The summed E-state index contributed by atoms with van der Waals surface area (Å²) in [4.78, 5) is 28.7. The molecule has 2 atom stereocenters. The minimum atomic E-state index is -4.00. The lowest BCUT2D eigenvalue weighted by Crippen LogP contribution is -2.42. The zero-order valence-electron chi connectivity index (χ0n) is 18.2. The van der Waals surface area contributed by atoms with Gasteiger partial charge in [-0.15, -0.1) is 0 Å². The van der Waals surface area contributed by atoms with Crippen molar-refractivity contribution in [2.24, 2.45) is 0 Å². The summed E-state index contributed by atoms with van der Waals surface area (Å²) in [5.41, 5.74) is 3.15. The maximum Gasteiger partial charge on any atom is 0.324 e. The van der Waals surface area contributed by atoms with Crippen LogP contribution in [0.5, 0.6) is 0 Å². The van der Waals surface area contributed by atoms with Gasteiger partial charge >= 0.3 is 5.97 Å². The van der Waals surface area contributed by atoms with Crippen molar-refractivity contribution in [2.45, 2.75) is 58.6 Å². The fraction of sp³-hybridized carbons (Fsp3) is 0.381. The van der Waals surface area contributed by atoms with E-state index in [1.54, 1.807) is 26.0 Å². The van der Waals surface area contributed by atoms with Crippen LogP contribution in [-0.4, -0.2) is 37.4 Å². The first kappa shape index (κ1) is 24.8. The number of hydrogen-bond acceptors (Lipinski definition) is 6. The van der Waals surface area contributed by atoms with Crippen molar-refractivity contribution in [3.63, 3.8) is 0 Å². The van der Waals surface area contributed by atoms with Gasteiger partial charge in [0.05, 0.1) is 10.6 Å². The molecule has 2 N–H and O–H groups in total. The normalized spacial score (nSPS) is 13.4. The van der Waals surface area contributed by atoms with E-state index in [0.29, 0.717) is 11.1 Å². The minimum absolute atomic E-state index is 0.0923. The fourth-order valence-corrected chi connectivity index (χ4v) is 4.94. The van der Waals surface area contributed by atoms with Crippen molar-refractivity contribution in [1.82, 2.24) is 9.71 Å². The zero-order chi connectivity index (χ0) is 23.5. The molecule has 1 amide bonds. The number of amides is 1. The summed E-state index contributed by atoms with van der Waals surface area (Å²) in [5.74, 6) is -1.51. The number of aryl methyl sites for hydroxylation is 2. The number of ether oxygens (including phenoxy) is 1. The Labute approximate surface area is 187 Å². The van der Waals surface area contributed by atoms with Gasteiger partial charge in [-0.2, -0.15) is 4.72 Å². The summed E-state index contributed by atoms with van der Waals surface area (Å²) in [7, 11) is -4.00. The highest BCUT2D eigenvalue weighted by molar-refractivity contribution is 7.89. The number of sulfonamides is 1. The molecule has 0 saturated heterocycles. The molecule has 2 aromatic rings. The number of carbonyl (C=O) groups excluding carboxylic acids is 2. The van der Waals surface area contributed by atoms with Gasteiger partial charge in [-0.25, -0.2) is 13.4 Å². The highest BCUT2D eigenvalue weighted by atomic mass is 35.5. The molecular formula is C21H26ClN3O5S. The summed E-state index contributed by atoms with van der Waals surface area (Å²) in [6.07, 6.45) is 0.286. The second-order valence-electron chi connectivity index (χ2n) is 7.34. The van der Waals surface area contributed by atoms with Crippen LogP contribution < -0.4 is 10.0 Å². The van der Waals surface area contributed by atoms with Gasteiger partial charge in [-0.05, 0) is 75.9 Å². The summed E-state index contributed by atoms with van der Waals surface area (Å²) < 4.78 is 33.4. The number of anilines is 1. The first-order valence-corrected chi connectivity index (χ1v) is 11.4. The molecule has 0 radical (unpaired) electrons. The standard InChI is InChI=1S/C21H26ClN3O5S/c1-11-10-12(2)14(4)18(13(11)3)31(28,29)25-15(5)21(27)30-16(6)20(26)24-17-8-7-9-23-19(17)22/h7-10,15-16,25H,1-6H3,(H,24,26)/t15-,16?/m0/s1. The Bertz CT molecular complexity index is 1090. The number of benzene rings is 1. The molecule has 10 heteroatoms. The third kappa shape index (κ3) is 5.81. The quantitative estimate of drug-likeness (QED) is 0.477. The summed E-state index contributed by atoms with van der Waals surface area (Å²) in [5, 5.41) is 2.60. The van der Waals surface area contributed by atoms with Gasteiger partial charge in [0.15, 0.2) is 11.3 Å². The summed E-state index contributed by atoms with van der Waals surface area (Å²) in [6.45, 7) is 9.82. The number of halogens is 1. The molecule has 0 saturated carbocycles. The average Bonchev–Trinajstić information content (AvgIpc) is 2.67. The van der Waals surface area contributed by atoms with Crippen LogP contribution in [-0.2, 0) is 24.3 Å². The van der Waals surface area contributed by atoms with E-state index in [1.807, 2.05) is 19.9 Å². The molecule has 0 aliphatic heterocycles. The molecule has 1 aromatic carbocycles. The second kappa shape index (κ2) is 9.76. The van der Waals surface area contributed by atoms with Gasteiger partial charge in [0.1, 0.15) is 6.04 Å². The minimum Gasteiger partial charge on any atom is -0.451 e. The third-order valence-corrected chi connectivity index (χ3v) is 7.05. The Balaban J connectivity index is 2.10. The topological polar surface area (TPSA) is 114 Å². The lowest BCUT2D eigenvalue weighted by Gasteiger charge is -2.20. The Kier molecular flexibility index (Phi) is 7.80. The monoisotopic (exact) mass is 467 g/mol. The molecule has 168 valence electrons. The molecule has 0 fully saturated rings. The maximum atomic E-state index is 13.0. The lowest BCUT2D eigenvalue weighted by atomic mass is 10.0. The van der Waals surface area contributed by atoms with Crippen LogP contribution in [0, 0.1) is 27.7 Å². The van der Waals surface area contributed by atoms with Crippen LogP contribution >= 0.6 is 11.6 Å². The molecule has 0 spiro atoms. The van der Waals surface area contributed by atoms with Crippen LogP contribution in [0.2, 0.25) is 5.15 Å². The summed E-state index contributed by atoms with van der Waals surface area (Å²) >= 11 is 5.90. The Morgan fingerprint density at radius 1 is 1.10 bits per heavy atom. The van der Waals surface area contributed by atoms with Gasteiger partial charge in [-0.3, -0.25) is 9.59 Å². The highest BCUT2D eigenvalue weighted by Gasteiger charge is 2.29. The van der Waals surface area contributed by atoms with Crippen molar-refractivity contribution >= 4 is 39.2 Å². The van der Waals surface area contributed by atoms with Crippen LogP contribution in [0.1, 0.15) is 36.1 Å². The van der Waals surface area contributed by atoms with Crippen molar-refractivity contribution in [3.8, 4) is 0 Å². The molecule has 1 heterocycles. The smallest absolute Gasteiger partial charge is 0.324 e. The number of nitrogens with zero attached hydrogens (tertiary/aromatic N) is 1. The van der Waals surface area contributed by atoms with Gasteiger partial charge < -0.3 is 10.1 Å². The average molecular weight is 468 g/mol. The van der Waals surface area contributed by atoms with Gasteiger partial charge in [0, 0.05) is 6.20 Å². The first-order valence-electron chi connectivity index (χ1n) is 9.56. The van der Waals surface area contributed by atoms with E-state index in [4.69, 9.17) is 16.3 Å². The molecule has 1 aromatic heterocycles. The van der Waals surface area contributed by atoms with E-state index >= 15 is 0 Å². The number of aromatic nitrogens is 1. The number of carbonyl (C=O) groups is 2. The number of nitrogens with one attached hydrogen (secondary N) is 2. The number of esters is 1. The van der Waals surface area contributed by atoms with Crippen LogP contribution in [0.4, 0.5) is 5.69 Å². The van der Waals surface area contributed by atoms with Crippen LogP contribution in [0.15, 0.2) is 29.3 Å². The Hall–Kier alpha value is -2.49. The molecule has 0 aliphatic rings. The fourth-order valence-electron chi connectivity index (χ4n) is 2.97. The second-order valence-corrected chi connectivity index (χ2v) is 9.35. The first-order chi connectivity index (χ1) is 14.3. The van der Waals surface area contributed by atoms with E-state index in [2.05, 4.69) is 15.0 Å². The molecule has 1 unspecified atom stereocenters.